The maximum Gasteiger partial charge on any atom is 0.308 e. The van der Waals surface area contributed by atoms with Gasteiger partial charge in [0, 0.05) is 12.5 Å². The third kappa shape index (κ3) is 29.3. The van der Waals surface area contributed by atoms with Crippen LogP contribution in [0.25, 0.3) is 0 Å². The average molecular weight is 671 g/mol. The molecule has 0 radical (unpaired) electrons. The molecule has 0 bridgehead atoms. The van der Waals surface area contributed by atoms with Crippen LogP contribution in [0.5, 0.6) is 0 Å². The van der Waals surface area contributed by atoms with Crippen LogP contribution >= 0.6 is 0 Å². The number of quaternary nitrogens is 1. The fourth-order valence-electron chi connectivity index (χ4n) is 3.44. The predicted octanol–water partition coefficient (Wildman–Crippen LogP) is 4.50. The van der Waals surface area contributed by atoms with Gasteiger partial charge in [-0.25, -0.2) is 0 Å². The summed E-state index contributed by atoms with van der Waals surface area (Å²) in [6.07, 6.45) is -4.46. The first-order valence-corrected chi connectivity index (χ1v) is 16.6. The Balaban J connectivity index is -0.000000554. The molecule has 1 rings (SSSR count). The van der Waals surface area contributed by atoms with E-state index < -0.39 is 53.9 Å². The minimum atomic E-state index is -1.29. The Morgan fingerprint density at radius 2 is 1.09 bits per heavy atom. The second-order valence-corrected chi connectivity index (χ2v) is 17.1. The molecule has 6 unspecified atom stereocenters. The van der Waals surface area contributed by atoms with Crippen LogP contribution in [0.15, 0.2) is 0 Å². The lowest BCUT2D eigenvalue weighted by Crippen LogP contribution is -2.62. The van der Waals surface area contributed by atoms with Crippen molar-refractivity contribution in [1.29, 1.82) is 0 Å². The summed E-state index contributed by atoms with van der Waals surface area (Å²) in [6.45, 7) is 32.0. The third-order valence-electron chi connectivity index (χ3n) is 6.16. The van der Waals surface area contributed by atoms with Crippen molar-refractivity contribution in [1.82, 2.24) is 0 Å². The number of carboxylic acids is 1. The molecule has 0 aromatic heterocycles. The van der Waals surface area contributed by atoms with Gasteiger partial charge in [-0.1, -0.05) is 13.8 Å². The van der Waals surface area contributed by atoms with Gasteiger partial charge in [0.15, 0.2) is 0 Å². The molecule has 1 saturated carbocycles. The molecule has 0 saturated heterocycles. The van der Waals surface area contributed by atoms with Crippen LogP contribution in [0, 0.1) is 11.8 Å². The SMILES string of the molecule is CC(C)(C)OCC[N+](C)(C)C.CC1C(O)C(O)C(O)C(OC(C)(C)C)C1O.CCCOC(C)(C)C.C[C@@H](COC(C)(C)C)C(=O)O. The van der Waals surface area contributed by atoms with E-state index in [1.807, 2.05) is 20.8 Å². The molecule has 11 heteroatoms. The van der Waals surface area contributed by atoms with Gasteiger partial charge < -0.3 is 49.0 Å². The van der Waals surface area contributed by atoms with Crippen LogP contribution in [-0.4, -0.2) is 136 Å². The number of carbonyl (C=O) groups is 1. The summed E-state index contributed by atoms with van der Waals surface area (Å²) in [5, 5.41) is 47.4. The highest BCUT2D eigenvalue weighted by Gasteiger charge is 2.48. The molecule has 46 heavy (non-hydrogen) atoms. The first kappa shape index (κ1) is 49.5. The van der Waals surface area contributed by atoms with Crippen molar-refractivity contribution in [2.75, 3.05) is 47.5 Å². The van der Waals surface area contributed by atoms with Crippen LogP contribution in [0.2, 0.25) is 0 Å². The first-order valence-electron chi connectivity index (χ1n) is 16.6. The second kappa shape index (κ2) is 21.3. The van der Waals surface area contributed by atoms with Gasteiger partial charge in [0.1, 0.15) is 24.9 Å². The molecule has 0 aromatic carbocycles. The summed E-state index contributed by atoms with van der Waals surface area (Å²) in [5.74, 6) is -1.77. The average Bonchev–Trinajstić information content (AvgIpc) is 2.84. The van der Waals surface area contributed by atoms with E-state index >= 15 is 0 Å². The van der Waals surface area contributed by atoms with E-state index in [9.17, 15) is 25.2 Å². The van der Waals surface area contributed by atoms with Gasteiger partial charge in [0.05, 0.1) is 74.9 Å². The van der Waals surface area contributed by atoms with E-state index in [0.717, 1.165) is 30.7 Å². The van der Waals surface area contributed by atoms with Crippen molar-refractivity contribution < 1.29 is 53.8 Å². The molecule has 11 nitrogen and oxygen atoms in total. The van der Waals surface area contributed by atoms with E-state index in [-0.39, 0.29) is 23.4 Å². The maximum atomic E-state index is 10.3. The summed E-state index contributed by atoms with van der Waals surface area (Å²) < 4.78 is 22.7. The molecule has 0 amide bonds. The standard InChI is InChI=1S/C11H22O5.C9H22NO.C8H16O3.C7H16O/c1-5-6(12)8(14)9(15)10(7(5)13)16-11(2,3)4;1-9(2,3)11-8-7-10(4,5)6;1-6(7(9)10)5-11-8(2,3)4;1-5-6-8-7(2,3)4/h5-10,12-15H,1-4H3;7-8H2,1-6H3;6H,5H2,1-4H3,(H,9,10);5-6H2,1-4H3/q;+1;;/t;;6-;/m..0./s1. The normalized spacial score (nSPS) is 24.7. The number of ether oxygens (including phenoxy) is 4. The van der Waals surface area contributed by atoms with Crippen molar-refractivity contribution in [2.45, 2.75) is 163 Å². The Hall–Kier alpha value is -0.890. The molecule has 280 valence electrons. The monoisotopic (exact) mass is 671 g/mol. The summed E-state index contributed by atoms with van der Waals surface area (Å²) in [4.78, 5) is 10.3. The number of aliphatic hydroxyl groups is 4. The Labute approximate surface area is 282 Å². The summed E-state index contributed by atoms with van der Waals surface area (Å²) in [6, 6.07) is 0. The van der Waals surface area contributed by atoms with Crippen LogP contribution < -0.4 is 0 Å². The number of aliphatic carboxylic acids is 1. The number of hydrogen-bond donors (Lipinski definition) is 5. The van der Waals surface area contributed by atoms with Crippen molar-refractivity contribution in [3.8, 4) is 0 Å². The molecular formula is C35H76NO10+. The molecule has 1 aliphatic rings. The van der Waals surface area contributed by atoms with E-state index in [1.165, 1.54) is 0 Å². The van der Waals surface area contributed by atoms with Gasteiger partial charge in [-0.05, 0) is 96.4 Å². The Bertz CT molecular complexity index is 758. The van der Waals surface area contributed by atoms with Crippen molar-refractivity contribution in [3.63, 3.8) is 0 Å². The molecular weight excluding hydrogens is 594 g/mol. The summed E-state index contributed by atoms with van der Waals surface area (Å²) in [5.41, 5.74) is -0.719. The van der Waals surface area contributed by atoms with Gasteiger partial charge >= 0.3 is 5.97 Å². The van der Waals surface area contributed by atoms with Gasteiger partial charge in [0.2, 0.25) is 0 Å². The molecule has 5 N–H and O–H groups in total. The highest BCUT2D eigenvalue weighted by molar-refractivity contribution is 5.69. The minimum Gasteiger partial charge on any atom is -0.481 e. The highest BCUT2D eigenvalue weighted by atomic mass is 16.5. The summed E-state index contributed by atoms with van der Waals surface area (Å²) >= 11 is 0. The Morgan fingerprint density at radius 1 is 0.674 bits per heavy atom. The summed E-state index contributed by atoms with van der Waals surface area (Å²) in [7, 11) is 6.52. The number of aliphatic hydroxyl groups excluding tert-OH is 4. The predicted molar refractivity (Wildman–Crippen MR) is 185 cm³/mol. The highest BCUT2D eigenvalue weighted by Crippen LogP contribution is 2.30. The van der Waals surface area contributed by atoms with E-state index in [4.69, 9.17) is 24.1 Å². The van der Waals surface area contributed by atoms with Gasteiger partial charge in [-0.2, -0.15) is 0 Å². The van der Waals surface area contributed by atoms with E-state index in [2.05, 4.69) is 69.6 Å². The molecule has 0 heterocycles. The quantitative estimate of drug-likeness (QED) is 0.222. The second-order valence-electron chi connectivity index (χ2n) is 17.1. The van der Waals surface area contributed by atoms with Gasteiger partial charge in [-0.15, -0.1) is 0 Å². The lowest BCUT2D eigenvalue weighted by molar-refractivity contribution is -0.871. The zero-order valence-electron chi connectivity index (χ0n) is 32.8. The fraction of sp³-hybridized carbons (Fsp3) is 0.971. The van der Waals surface area contributed by atoms with Crippen LogP contribution in [-0.2, 0) is 23.7 Å². The fourth-order valence-corrected chi connectivity index (χ4v) is 3.44. The number of likely N-dealkylation sites (N-methyl/N-ethyl adjacent to an activating group) is 1. The lowest BCUT2D eigenvalue weighted by Gasteiger charge is -2.44. The molecule has 0 spiro atoms. The number of hydrogen-bond acceptors (Lipinski definition) is 9. The molecule has 0 aromatic rings. The van der Waals surface area contributed by atoms with Crippen molar-refractivity contribution in [3.05, 3.63) is 0 Å². The zero-order chi connectivity index (χ0) is 37.5. The topological polar surface area (TPSA) is 155 Å². The van der Waals surface area contributed by atoms with Crippen LogP contribution in [0.3, 0.4) is 0 Å². The molecule has 1 fully saturated rings. The van der Waals surface area contributed by atoms with Gasteiger partial charge in [0.25, 0.3) is 0 Å². The largest absolute Gasteiger partial charge is 0.481 e. The number of rotatable bonds is 9. The lowest BCUT2D eigenvalue weighted by atomic mass is 9.79. The Morgan fingerprint density at radius 3 is 1.39 bits per heavy atom. The van der Waals surface area contributed by atoms with Crippen molar-refractivity contribution >= 4 is 5.97 Å². The third-order valence-corrected chi connectivity index (χ3v) is 6.16. The zero-order valence-corrected chi connectivity index (χ0v) is 32.8. The first-order chi connectivity index (χ1) is 20.2. The van der Waals surface area contributed by atoms with Crippen molar-refractivity contribution in [2.24, 2.45) is 11.8 Å². The van der Waals surface area contributed by atoms with Crippen LogP contribution in [0.4, 0.5) is 0 Å². The maximum absolute atomic E-state index is 10.3. The van der Waals surface area contributed by atoms with E-state index in [1.54, 1.807) is 34.6 Å². The molecule has 1 aliphatic carbocycles. The number of carboxylic acid groups (broad SMARTS) is 1. The molecule has 7 atom stereocenters. The van der Waals surface area contributed by atoms with E-state index in [0.29, 0.717) is 0 Å². The molecule has 0 aliphatic heterocycles. The van der Waals surface area contributed by atoms with Crippen LogP contribution in [0.1, 0.15) is 110 Å². The van der Waals surface area contributed by atoms with Gasteiger partial charge in [-0.3, -0.25) is 4.79 Å². The minimum absolute atomic E-state index is 0.00910. The smallest absolute Gasteiger partial charge is 0.308 e. The Kier molecular flexibility index (Phi) is 22.9. The number of nitrogens with zero attached hydrogens (tertiary/aromatic N) is 1.